The quantitative estimate of drug-likeness (QED) is 0.799. The molecule has 138 valence electrons. The maximum absolute atomic E-state index is 12.6. The van der Waals surface area contributed by atoms with E-state index in [-0.39, 0.29) is 16.6 Å². The summed E-state index contributed by atoms with van der Waals surface area (Å²) in [6.45, 7) is 0. The van der Waals surface area contributed by atoms with Gasteiger partial charge in [-0.2, -0.15) is 13.2 Å². The summed E-state index contributed by atoms with van der Waals surface area (Å²) in [5, 5.41) is 9.23. The van der Waals surface area contributed by atoms with Gasteiger partial charge in [0.15, 0.2) is 0 Å². The maximum atomic E-state index is 12.6. The van der Waals surface area contributed by atoms with Crippen LogP contribution in [0.3, 0.4) is 0 Å². The molecule has 1 aromatic carbocycles. The number of hydrogen-bond donors (Lipinski definition) is 1. The molecular weight excluding hydrogens is 373 g/mol. The van der Waals surface area contributed by atoms with E-state index in [4.69, 9.17) is 0 Å². The van der Waals surface area contributed by atoms with Crippen molar-refractivity contribution in [2.24, 2.45) is 0 Å². The molecule has 1 heterocycles. The molecule has 0 atom stereocenters. The van der Waals surface area contributed by atoms with E-state index in [2.05, 4.69) is 0 Å². The van der Waals surface area contributed by atoms with Crippen molar-refractivity contribution in [1.82, 2.24) is 9.13 Å². The fourth-order valence-corrected chi connectivity index (χ4v) is 3.16. The first kappa shape index (κ1) is 18.3. The third kappa shape index (κ3) is 3.85. The molecule has 26 heavy (non-hydrogen) atoms. The van der Waals surface area contributed by atoms with Gasteiger partial charge in [-0.1, -0.05) is 6.07 Å². The average molecular weight is 386 g/mol. The number of aromatic carboxylic acids is 1. The molecule has 3 rings (SSSR count). The van der Waals surface area contributed by atoms with Gasteiger partial charge in [0.1, 0.15) is 5.56 Å². The number of aromatic nitrogens is 2. The van der Waals surface area contributed by atoms with E-state index in [1.807, 2.05) is 0 Å². The van der Waals surface area contributed by atoms with E-state index in [0.29, 0.717) is 24.6 Å². The number of benzene rings is 1. The Kier molecular flexibility index (Phi) is 4.70. The van der Waals surface area contributed by atoms with Crippen LogP contribution in [0.1, 0.15) is 29.2 Å². The molecule has 2 aromatic rings. The second kappa shape index (κ2) is 6.67. The molecule has 0 amide bonds. The highest BCUT2D eigenvalue weighted by molar-refractivity contribution is 7.99. The van der Waals surface area contributed by atoms with Crippen LogP contribution in [0, 0.1) is 0 Å². The number of halogens is 3. The van der Waals surface area contributed by atoms with E-state index in [1.54, 1.807) is 0 Å². The number of hydrogen-bond acceptors (Lipinski definition) is 4. The molecule has 1 fully saturated rings. The first-order valence-corrected chi connectivity index (χ1v) is 8.57. The highest BCUT2D eigenvalue weighted by Gasteiger charge is 2.30. The summed E-state index contributed by atoms with van der Waals surface area (Å²) in [7, 11) is 0. The Balaban J connectivity index is 2.08. The summed E-state index contributed by atoms with van der Waals surface area (Å²) in [5.74, 6) is -2.56. The SMILES string of the molecule is O=C(O)c1cn(-c2cccc(SCC(F)(F)F)c2)c(=O)n(C2CC2)c1=O. The van der Waals surface area contributed by atoms with Crippen molar-refractivity contribution in [3.05, 3.63) is 56.9 Å². The van der Waals surface area contributed by atoms with Crippen LogP contribution < -0.4 is 11.2 Å². The monoisotopic (exact) mass is 386 g/mol. The molecule has 0 bridgehead atoms. The van der Waals surface area contributed by atoms with Crippen LogP contribution in [-0.2, 0) is 0 Å². The van der Waals surface area contributed by atoms with Gasteiger partial charge in [0.2, 0.25) is 0 Å². The van der Waals surface area contributed by atoms with Crippen LogP contribution in [0.2, 0.25) is 0 Å². The van der Waals surface area contributed by atoms with Crippen molar-refractivity contribution < 1.29 is 23.1 Å². The van der Waals surface area contributed by atoms with Gasteiger partial charge >= 0.3 is 17.8 Å². The second-order valence-electron chi connectivity index (χ2n) is 5.81. The summed E-state index contributed by atoms with van der Waals surface area (Å²) in [6, 6.07) is 5.40. The molecule has 1 aliphatic rings. The number of thioether (sulfide) groups is 1. The average Bonchev–Trinajstić information content (AvgIpc) is 3.37. The van der Waals surface area contributed by atoms with Crippen LogP contribution in [0.15, 0.2) is 44.9 Å². The van der Waals surface area contributed by atoms with Gasteiger partial charge in [-0.05, 0) is 31.0 Å². The minimum atomic E-state index is -4.34. The molecule has 0 aliphatic heterocycles. The number of nitrogens with zero attached hydrogens (tertiary/aromatic N) is 2. The van der Waals surface area contributed by atoms with E-state index < -0.39 is 34.7 Å². The summed E-state index contributed by atoms with van der Waals surface area (Å²) in [4.78, 5) is 36.4. The van der Waals surface area contributed by atoms with Crippen molar-refractivity contribution in [2.75, 3.05) is 5.75 Å². The van der Waals surface area contributed by atoms with Crippen LogP contribution in [-0.4, -0.2) is 32.1 Å². The first-order chi connectivity index (χ1) is 12.2. The van der Waals surface area contributed by atoms with Crippen molar-refractivity contribution in [1.29, 1.82) is 0 Å². The molecule has 1 aliphatic carbocycles. The van der Waals surface area contributed by atoms with E-state index in [1.165, 1.54) is 24.3 Å². The maximum Gasteiger partial charge on any atom is 0.398 e. The van der Waals surface area contributed by atoms with Crippen molar-refractivity contribution in [3.63, 3.8) is 0 Å². The minimum Gasteiger partial charge on any atom is -0.477 e. The van der Waals surface area contributed by atoms with Crippen LogP contribution in [0.5, 0.6) is 0 Å². The lowest BCUT2D eigenvalue weighted by atomic mass is 10.3. The molecule has 0 radical (unpaired) electrons. The topological polar surface area (TPSA) is 81.3 Å². The Bertz CT molecular complexity index is 977. The van der Waals surface area contributed by atoms with Gasteiger partial charge < -0.3 is 5.11 Å². The predicted molar refractivity (Wildman–Crippen MR) is 88.3 cm³/mol. The normalized spacial score (nSPS) is 14.4. The third-order valence-electron chi connectivity index (χ3n) is 3.76. The molecule has 6 nitrogen and oxygen atoms in total. The second-order valence-corrected chi connectivity index (χ2v) is 6.86. The lowest BCUT2D eigenvalue weighted by molar-refractivity contribution is -0.105. The van der Waals surface area contributed by atoms with E-state index in [9.17, 15) is 32.7 Å². The minimum absolute atomic E-state index is 0.194. The fraction of sp³-hybridized carbons (Fsp3) is 0.312. The van der Waals surface area contributed by atoms with Gasteiger partial charge in [-0.3, -0.25) is 13.9 Å². The van der Waals surface area contributed by atoms with Gasteiger partial charge in [-0.25, -0.2) is 9.59 Å². The Morgan fingerprint density at radius 1 is 1.27 bits per heavy atom. The first-order valence-electron chi connectivity index (χ1n) is 7.59. The summed E-state index contributed by atoms with van der Waals surface area (Å²) >= 11 is 0.553. The smallest absolute Gasteiger partial charge is 0.398 e. The summed E-state index contributed by atoms with van der Waals surface area (Å²) < 4.78 is 39.0. The van der Waals surface area contributed by atoms with Gasteiger partial charge in [0, 0.05) is 17.1 Å². The highest BCUT2D eigenvalue weighted by Crippen LogP contribution is 2.32. The zero-order valence-corrected chi connectivity index (χ0v) is 14.0. The molecule has 0 spiro atoms. The molecule has 0 saturated heterocycles. The predicted octanol–water partition coefficient (Wildman–Crippen LogP) is 2.69. The fourth-order valence-electron chi connectivity index (χ4n) is 2.45. The van der Waals surface area contributed by atoms with Crippen LogP contribution >= 0.6 is 11.8 Å². The highest BCUT2D eigenvalue weighted by atomic mass is 32.2. The van der Waals surface area contributed by atoms with E-state index in [0.717, 1.165) is 15.3 Å². The van der Waals surface area contributed by atoms with Crippen molar-refractivity contribution in [3.8, 4) is 5.69 Å². The Morgan fingerprint density at radius 2 is 1.96 bits per heavy atom. The number of rotatable bonds is 5. The zero-order valence-electron chi connectivity index (χ0n) is 13.2. The van der Waals surface area contributed by atoms with Crippen LogP contribution in [0.4, 0.5) is 13.2 Å². The Labute approximate surface area is 148 Å². The Morgan fingerprint density at radius 3 is 2.54 bits per heavy atom. The number of alkyl halides is 3. The molecule has 0 unspecified atom stereocenters. The molecular formula is C16H13F3N2O4S. The van der Waals surface area contributed by atoms with E-state index >= 15 is 0 Å². The number of carboxylic acid groups (broad SMARTS) is 1. The summed E-state index contributed by atoms with van der Waals surface area (Å²) in [5.41, 5.74) is -1.95. The van der Waals surface area contributed by atoms with Crippen LogP contribution in [0.25, 0.3) is 5.69 Å². The van der Waals surface area contributed by atoms with Crippen molar-refractivity contribution in [2.45, 2.75) is 30.0 Å². The lowest BCUT2D eigenvalue weighted by Crippen LogP contribution is -2.41. The molecule has 1 saturated carbocycles. The van der Waals surface area contributed by atoms with Gasteiger partial charge in [0.25, 0.3) is 5.56 Å². The number of carbonyl (C=O) groups is 1. The number of carboxylic acids is 1. The van der Waals surface area contributed by atoms with Crippen molar-refractivity contribution >= 4 is 17.7 Å². The zero-order chi connectivity index (χ0) is 19.1. The van der Waals surface area contributed by atoms with Gasteiger partial charge in [-0.15, -0.1) is 11.8 Å². The lowest BCUT2D eigenvalue weighted by Gasteiger charge is -2.12. The largest absolute Gasteiger partial charge is 0.477 e. The standard InChI is InChI=1S/C16H13F3N2O4S/c17-16(18,19)8-26-11-3-1-2-10(6-11)20-7-12(14(23)24)13(22)21(15(20)25)9-4-5-9/h1-3,6-7,9H,4-5,8H2,(H,23,24). The molecule has 1 N–H and O–H groups in total. The molecule has 1 aromatic heterocycles. The molecule has 10 heteroatoms. The summed E-state index contributed by atoms with van der Waals surface area (Å²) in [6.07, 6.45) is -2.23. The Hall–Kier alpha value is -2.49. The van der Waals surface area contributed by atoms with Gasteiger partial charge in [0.05, 0.1) is 11.4 Å². The third-order valence-corrected chi connectivity index (χ3v) is 4.82.